The molecule has 4 aliphatic rings. The molecule has 4 rings (SSSR count). The maximum Gasteiger partial charge on any atom is 0.0622 e. The van der Waals surface area contributed by atoms with Gasteiger partial charge in [0, 0.05) is 0 Å². The summed E-state index contributed by atoms with van der Waals surface area (Å²) < 4.78 is 0. The second-order valence-corrected chi connectivity index (χ2v) is 10.0. The monoisotopic (exact) mass is 316 g/mol. The summed E-state index contributed by atoms with van der Waals surface area (Å²) in [5.74, 6) is 5.37. The molecule has 0 bridgehead atoms. The summed E-state index contributed by atoms with van der Waals surface area (Å²) in [4.78, 5) is 0. The first-order valence-corrected chi connectivity index (χ1v) is 10.2. The molecular formula is C22H36O. The summed E-state index contributed by atoms with van der Waals surface area (Å²) in [6.45, 7) is 9.42. The third kappa shape index (κ3) is 2.36. The summed E-state index contributed by atoms with van der Waals surface area (Å²) in [6.07, 6.45) is 12.9. The molecule has 1 N–H and O–H groups in total. The highest BCUT2D eigenvalue weighted by atomic mass is 16.3. The van der Waals surface area contributed by atoms with Crippen molar-refractivity contribution >= 4 is 0 Å². The lowest BCUT2D eigenvalue weighted by molar-refractivity contribution is -0.110. The molecule has 0 aromatic heterocycles. The predicted octanol–water partition coefficient (Wildman–Crippen LogP) is 5.58. The quantitative estimate of drug-likeness (QED) is 0.578. The minimum Gasteiger partial charge on any atom is -0.390 e. The van der Waals surface area contributed by atoms with Crippen LogP contribution < -0.4 is 0 Å². The van der Waals surface area contributed by atoms with E-state index in [9.17, 15) is 5.11 Å². The van der Waals surface area contributed by atoms with Crippen molar-refractivity contribution in [3.05, 3.63) is 11.6 Å². The lowest BCUT2D eigenvalue weighted by Crippen LogP contribution is -2.52. The van der Waals surface area contributed by atoms with Crippen LogP contribution in [0.25, 0.3) is 0 Å². The van der Waals surface area contributed by atoms with Gasteiger partial charge in [0.05, 0.1) is 5.60 Å². The van der Waals surface area contributed by atoms with E-state index in [1.807, 2.05) is 0 Å². The van der Waals surface area contributed by atoms with Gasteiger partial charge < -0.3 is 5.11 Å². The fourth-order valence-electron chi connectivity index (χ4n) is 7.72. The summed E-state index contributed by atoms with van der Waals surface area (Å²) >= 11 is 0. The number of rotatable bonds is 0. The second kappa shape index (κ2) is 5.35. The molecule has 0 aromatic rings. The van der Waals surface area contributed by atoms with Crippen LogP contribution >= 0.6 is 0 Å². The van der Waals surface area contributed by atoms with Gasteiger partial charge >= 0.3 is 0 Å². The molecule has 0 radical (unpaired) electrons. The smallest absolute Gasteiger partial charge is 0.0622 e. The molecule has 4 aliphatic carbocycles. The van der Waals surface area contributed by atoms with Gasteiger partial charge in [-0.2, -0.15) is 0 Å². The van der Waals surface area contributed by atoms with Crippen LogP contribution in [0, 0.1) is 40.9 Å². The van der Waals surface area contributed by atoms with Gasteiger partial charge in [-0.05, 0) is 106 Å². The fourth-order valence-corrected chi connectivity index (χ4v) is 7.72. The summed E-state index contributed by atoms with van der Waals surface area (Å²) in [6, 6.07) is 0. The minimum atomic E-state index is -0.392. The molecule has 1 nitrogen and oxygen atoms in total. The van der Waals surface area contributed by atoms with Gasteiger partial charge in [-0.1, -0.05) is 25.5 Å². The number of aliphatic hydroxyl groups is 1. The zero-order valence-corrected chi connectivity index (χ0v) is 15.6. The molecule has 0 saturated heterocycles. The highest BCUT2D eigenvalue weighted by Crippen LogP contribution is 2.65. The Morgan fingerprint density at radius 2 is 1.70 bits per heavy atom. The molecule has 4 saturated carbocycles. The average molecular weight is 317 g/mol. The van der Waals surface area contributed by atoms with E-state index in [4.69, 9.17) is 0 Å². The van der Waals surface area contributed by atoms with Crippen molar-refractivity contribution in [2.45, 2.75) is 84.7 Å². The van der Waals surface area contributed by atoms with Gasteiger partial charge in [0.25, 0.3) is 0 Å². The average Bonchev–Trinajstić information content (AvgIpc) is 2.84. The summed E-state index contributed by atoms with van der Waals surface area (Å²) in [5.41, 5.74) is 1.89. The first-order valence-electron chi connectivity index (χ1n) is 10.2. The van der Waals surface area contributed by atoms with Crippen LogP contribution in [0.5, 0.6) is 0 Å². The zero-order chi connectivity index (χ0) is 16.4. The Morgan fingerprint density at radius 3 is 2.43 bits per heavy atom. The molecule has 0 heterocycles. The van der Waals surface area contributed by atoms with Gasteiger partial charge in [-0.3, -0.25) is 0 Å². The van der Waals surface area contributed by atoms with Crippen molar-refractivity contribution in [1.82, 2.24) is 0 Å². The van der Waals surface area contributed by atoms with Gasteiger partial charge in [0.15, 0.2) is 0 Å². The van der Waals surface area contributed by atoms with E-state index >= 15 is 0 Å². The normalized spacial score (nSPS) is 57.7. The largest absolute Gasteiger partial charge is 0.390 e. The lowest BCUT2D eigenvalue weighted by Gasteiger charge is -2.58. The van der Waals surface area contributed by atoms with Crippen LogP contribution in [0.15, 0.2) is 11.6 Å². The Morgan fingerprint density at radius 1 is 1.00 bits per heavy atom. The van der Waals surface area contributed by atoms with Crippen LogP contribution in [0.4, 0.5) is 0 Å². The molecule has 0 amide bonds. The van der Waals surface area contributed by atoms with E-state index in [1.54, 1.807) is 5.57 Å². The Bertz CT molecular complexity index is 504. The first kappa shape index (κ1) is 16.2. The standard InChI is InChI=1S/C22H36O/c1-5-15-6-7-20-18-12-14(2)19-13-21(3,23)10-8-17(19)16(18)9-11-22(15,20)4/h5,14,16-20,23H,6-13H2,1-4H3. The maximum absolute atomic E-state index is 10.6. The van der Waals surface area contributed by atoms with Crippen LogP contribution in [-0.4, -0.2) is 10.7 Å². The van der Waals surface area contributed by atoms with E-state index in [0.717, 1.165) is 48.3 Å². The number of hydrogen-bond donors (Lipinski definition) is 1. The van der Waals surface area contributed by atoms with Crippen molar-refractivity contribution in [1.29, 1.82) is 0 Å². The molecule has 0 spiro atoms. The Labute approximate surface area is 142 Å². The van der Waals surface area contributed by atoms with E-state index in [2.05, 4.69) is 33.8 Å². The summed E-state index contributed by atoms with van der Waals surface area (Å²) in [5, 5.41) is 10.6. The van der Waals surface area contributed by atoms with Crippen LogP contribution in [0.3, 0.4) is 0 Å². The molecule has 0 aliphatic heterocycles. The fraction of sp³-hybridized carbons (Fsp3) is 0.909. The third-order valence-corrected chi connectivity index (χ3v) is 8.86. The van der Waals surface area contributed by atoms with Crippen LogP contribution in [0.1, 0.15) is 79.1 Å². The topological polar surface area (TPSA) is 20.2 Å². The zero-order valence-electron chi connectivity index (χ0n) is 15.6. The predicted molar refractivity (Wildman–Crippen MR) is 96.0 cm³/mol. The second-order valence-electron chi connectivity index (χ2n) is 10.0. The third-order valence-electron chi connectivity index (χ3n) is 8.86. The van der Waals surface area contributed by atoms with Crippen molar-refractivity contribution in [3.8, 4) is 0 Å². The van der Waals surface area contributed by atoms with Crippen molar-refractivity contribution < 1.29 is 5.11 Å². The van der Waals surface area contributed by atoms with Gasteiger partial charge in [0.2, 0.25) is 0 Å². The number of fused-ring (bicyclic) bond motifs is 5. The molecule has 4 fully saturated rings. The van der Waals surface area contributed by atoms with Crippen LogP contribution in [0.2, 0.25) is 0 Å². The molecule has 8 unspecified atom stereocenters. The van der Waals surface area contributed by atoms with Crippen molar-refractivity contribution in [2.75, 3.05) is 0 Å². The molecule has 1 heteroatoms. The first-order chi connectivity index (χ1) is 10.9. The molecule has 23 heavy (non-hydrogen) atoms. The maximum atomic E-state index is 10.6. The van der Waals surface area contributed by atoms with E-state index in [-0.39, 0.29) is 0 Å². The number of allylic oxidation sites excluding steroid dienone is 2. The van der Waals surface area contributed by atoms with E-state index < -0.39 is 5.60 Å². The molecular weight excluding hydrogens is 280 g/mol. The number of hydrogen-bond acceptors (Lipinski definition) is 1. The highest BCUT2D eigenvalue weighted by Gasteiger charge is 2.57. The molecule has 130 valence electrons. The molecule has 0 aromatic carbocycles. The Balaban J connectivity index is 1.61. The van der Waals surface area contributed by atoms with Gasteiger partial charge in [0.1, 0.15) is 0 Å². The Kier molecular flexibility index (Phi) is 3.76. The van der Waals surface area contributed by atoms with E-state index in [0.29, 0.717) is 5.41 Å². The van der Waals surface area contributed by atoms with Crippen molar-refractivity contribution in [3.63, 3.8) is 0 Å². The van der Waals surface area contributed by atoms with Gasteiger partial charge in [-0.25, -0.2) is 0 Å². The minimum absolute atomic E-state index is 0.392. The lowest BCUT2D eigenvalue weighted by atomic mass is 9.47. The van der Waals surface area contributed by atoms with E-state index in [1.165, 1.54) is 38.5 Å². The summed E-state index contributed by atoms with van der Waals surface area (Å²) in [7, 11) is 0. The van der Waals surface area contributed by atoms with Crippen molar-refractivity contribution in [2.24, 2.45) is 40.9 Å². The molecule has 8 atom stereocenters. The van der Waals surface area contributed by atoms with Crippen LogP contribution in [-0.2, 0) is 0 Å². The Hall–Kier alpha value is -0.300. The highest BCUT2D eigenvalue weighted by molar-refractivity contribution is 5.23. The SMILES string of the molecule is CC=C1CCC2C3CC(C)C4CC(C)(O)CCC4C3CCC12C. The van der Waals surface area contributed by atoms with Gasteiger partial charge in [-0.15, -0.1) is 0 Å².